The average Bonchev–Trinajstić information content (AvgIpc) is 2.33. The second-order valence-corrected chi connectivity index (χ2v) is 3.58. The average molecular weight is 171 g/mol. The Bertz CT molecular complexity index is 98.0. The fourth-order valence-corrected chi connectivity index (χ4v) is 1.61. The van der Waals surface area contributed by atoms with E-state index in [2.05, 4.69) is 12.2 Å². The second kappa shape index (κ2) is 6.44. The Labute approximate surface area is 75.7 Å². The van der Waals surface area contributed by atoms with Crippen LogP contribution in [0.4, 0.5) is 0 Å². The van der Waals surface area contributed by atoms with Gasteiger partial charge in [0.25, 0.3) is 0 Å². The molecule has 0 aromatic heterocycles. The molecule has 1 atom stereocenters. The number of nitrogens with one attached hydrogen (secondary N) is 1. The predicted molar refractivity (Wildman–Crippen MR) is 51.4 cm³/mol. The Kier molecular flexibility index (Phi) is 5.37. The second-order valence-electron chi connectivity index (χ2n) is 3.58. The van der Waals surface area contributed by atoms with E-state index in [0.29, 0.717) is 6.04 Å². The van der Waals surface area contributed by atoms with E-state index >= 15 is 0 Å². The number of hydrogen-bond acceptors (Lipinski definition) is 2. The molecule has 0 aromatic carbocycles. The quantitative estimate of drug-likeness (QED) is 0.653. The van der Waals surface area contributed by atoms with Gasteiger partial charge in [0.2, 0.25) is 0 Å². The zero-order valence-corrected chi connectivity index (χ0v) is 8.14. The third-order valence-corrected chi connectivity index (χ3v) is 2.33. The first-order chi connectivity index (χ1) is 5.93. The minimum atomic E-state index is 0.624. The standard InChI is InChI=1S/C10H21NO/c1-2-8-12-9-10-6-4-3-5-7-11-10/h10-11H,2-9H2,1H3. The molecule has 0 bridgehead atoms. The van der Waals surface area contributed by atoms with Crippen molar-refractivity contribution in [1.82, 2.24) is 5.32 Å². The first-order valence-electron chi connectivity index (χ1n) is 5.24. The summed E-state index contributed by atoms with van der Waals surface area (Å²) in [7, 11) is 0. The highest BCUT2D eigenvalue weighted by atomic mass is 16.5. The minimum absolute atomic E-state index is 0.624. The minimum Gasteiger partial charge on any atom is -0.380 e. The van der Waals surface area contributed by atoms with Gasteiger partial charge in [0, 0.05) is 12.6 Å². The van der Waals surface area contributed by atoms with Crippen molar-refractivity contribution in [3.8, 4) is 0 Å². The van der Waals surface area contributed by atoms with Crippen molar-refractivity contribution in [3.63, 3.8) is 0 Å². The monoisotopic (exact) mass is 171 g/mol. The lowest BCUT2D eigenvalue weighted by molar-refractivity contribution is 0.110. The molecule has 0 aliphatic carbocycles. The zero-order valence-electron chi connectivity index (χ0n) is 8.14. The Hall–Kier alpha value is -0.0800. The van der Waals surface area contributed by atoms with Crippen LogP contribution >= 0.6 is 0 Å². The van der Waals surface area contributed by atoms with Gasteiger partial charge in [-0.15, -0.1) is 0 Å². The van der Waals surface area contributed by atoms with Gasteiger partial charge in [-0.2, -0.15) is 0 Å². The van der Waals surface area contributed by atoms with E-state index in [0.717, 1.165) is 19.6 Å². The molecule has 1 fully saturated rings. The molecule has 0 aromatic rings. The third kappa shape index (κ3) is 4.07. The predicted octanol–water partition coefficient (Wildman–Crippen LogP) is 1.95. The summed E-state index contributed by atoms with van der Waals surface area (Å²) in [6.07, 6.45) is 6.52. The van der Waals surface area contributed by atoms with Gasteiger partial charge < -0.3 is 10.1 Å². The van der Waals surface area contributed by atoms with Gasteiger partial charge in [0.1, 0.15) is 0 Å². The lowest BCUT2D eigenvalue weighted by Gasteiger charge is -2.15. The maximum absolute atomic E-state index is 5.52. The molecule has 0 saturated carbocycles. The van der Waals surface area contributed by atoms with Crippen molar-refractivity contribution in [1.29, 1.82) is 0 Å². The van der Waals surface area contributed by atoms with Crippen LogP contribution in [0.2, 0.25) is 0 Å². The van der Waals surface area contributed by atoms with Gasteiger partial charge in [-0.1, -0.05) is 19.8 Å². The highest BCUT2D eigenvalue weighted by molar-refractivity contribution is 4.69. The smallest absolute Gasteiger partial charge is 0.0619 e. The topological polar surface area (TPSA) is 21.3 Å². The van der Waals surface area contributed by atoms with Gasteiger partial charge in [-0.05, 0) is 25.8 Å². The van der Waals surface area contributed by atoms with Gasteiger partial charge in [0.05, 0.1) is 6.61 Å². The van der Waals surface area contributed by atoms with E-state index in [9.17, 15) is 0 Å². The fraction of sp³-hybridized carbons (Fsp3) is 1.00. The van der Waals surface area contributed by atoms with E-state index in [1.807, 2.05) is 0 Å². The maximum atomic E-state index is 5.52. The van der Waals surface area contributed by atoms with Crippen LogP contribution < -0.4 is 5.32 Å². The summed E-state index contributed by atoms with van der Waals surface area (Å²) < 4.78 is 5.52. The van der Waals surface area contributed by atoms with E-state index in [1.165, 1.54) is 32.2 Å². The molecule has 12 heavy (non-hydrogen) atoms. The molecular weight excluding hydrogens is 150 g/mol. The molecule has 2 heteroatoms. The molecule has 1 saturated heterocycles. The van der Waals surface area contributed by atoms with Gasteiger partial charge in [0.15, 0.2) is 0 Å². The highest BCUT2D eigenvalue weighted by Gasteiger charge is 2.10. The van der Waals surface area contributed by atoms with E-state index < -0.39 is 0 Å². The van der Waals surface area contributed by atoms with Crippen LogP contribution in [0, 0.1) is 0 Å². The normalized spacial score (nSPS) is 25.2. The van der Waals surface area contributed by atoms with E-state index in [-0.39, 0.29) is 0 Å². The maximum Gasteiger partial charge on any atom is 0.0619 e. The summed E-state index contributed by atoms with van der Waals surface area (Å²) >= 11 is 0. The first kappa shape index (κ1) is 10.0. The SMILES string of the molecule is CCCOCC1CCCCCN1. The van der Waals surface area contributed by atoms with Gasteiger partial charge in [-0.25, -0.2) is 0 Å². The Morgan fingerprint density at radius 3 is 3.08 bits per heavy atom. The molecule has 0 spiro atoms. The van der Waals surface area contributed by atoms with Crippen LogP contribution in [-0.2, 0) is 4.74 Å². The van der Waals surface area contributed by atoms with Crippen molar-refractivity contribution in [2.45, 2.75) is 45.1 Å². The van der Waals surface area contributed by atoms with Gasteiger partial charge in [-0.3, -0.25) is 0 Å². The summed E-state index contributed by atoms with van der Waals surface area (Å²) in [4.78, 5) is 0. The van der Waals surface area contributed by atoms with Crippen molar-refractivity contribution < 1.29 is 4.74 Å². The molecule has 1 rings (SSSR count). The van der Waals surface area contributed by atoms with Crippen LogP contribution in [0.3, 0.4) is 0 Å². The van der Waals surface area contributed by atoms with Crippen molar-refractivity contribution >= 4 is 0 Å². The van der Waals surface area contributed by atoms with E-state index in [4.69, 9.17) is 4.74 Å². The van der Waals surface area contributed by atoms with Crippen molar-refractivity contribution in [2.75, 3.05) is 19.8 Å². The largest absolute Gasteiger partial charge is 0.380 e. The number of ether oxygens (including phenoxy) is 1. The van der Waals surface area contributed by atoms with E-state index in [1.54, 1.807) is 0 Å². The summed E-state index contributed by atoms with van der Waals surface area (Å²) in [5.41, 5.74) is 0. The lowest BCUT2D eigenvalue weighted by Crippen LogP contribution is -2.32. The van der Waals surface area contributed by atoms with Crippen LogP contribution in [0.15, 0.2) is 0 Å². The molecule has 2 nitrogen and oxygen atoms in total. The fourth-order valence-electron chi connectivity index (χ4n) is 1.61. The van der Waals surface area contributed by atoms with Crippen LogP contribution in [-0.4, -0.2) is 25.8 Å². The third-order valence-electron chi connectivity index (χ3n) is 2.33. The van der Waals surface area contributed by atoms with Gasteiger partial charge >= 0.3 is 0 Å². The molecule has 0 amide bonds. The Morgan fingerprint density at radius 2 is 2.25 bits per heavy atom. The summed E-state index contributed by atoms with van der Waals surface area (Å²) in [6.45, 7) is 5.16. The molecule has 1 aliphatic rings. The van der Waals surface area contributed by atoms with Crippen molar-refractivity contribution in [2.24, 2.45) is 0 Å². The molecule has 1 N–H and O–H groups in total. The molecule has 1 aliphatic heterocycles. The Morgan fingerprint density at radius 1 is 1.33 bits per heavy atom. The Balaban J connectivity index is 2.04. The van der Waals surface area contributed by atoms with Crippen LogP contribution in [0.5, 0.6) is 0 Å². The first-order valence-corrected chi connectivity index (χ1v) is 5.24. The van der Waals surface area contributed by atoms with Crippen LogP contribution in [0.25, 0.3) is 0 Å². The summed E-state index contributed by atoms with van der Waals surface area (Å²) in [5.74, 6) is 0. The number of hydrogen-bond donors (Lipinski definition) is 1. The summed E-state index contributed by atoms with van der Waals surface area (Å²) in [6, 6.07) is 0.624. The number of rotatable bonds is 4. The molecule has 1 heterocycles. The zero-order chi connectivity index (χ0) is 8.65. The molecule has 72 valence electrons. The lowest BCUT2D eigenvalue weighted by atomic mass is 10.1. The highest BCUT2D eigenvalue weighted by Crippen LogP contribution is 2.08. The summed E-state index contributed by atoms with van der Waals surface area (Å²) in [5, 5.41) is 3.52. The van der Waals surface area contributed by atoms with Crippen LogP contribution in [0.1, 0.15) is 39.0 Å². The molecule has 1 unspecified atom stereocenters. The molecular formula is C10H21NO. The molecule has 0 radical (unpaired) electrons. The van der Waals surface area contributed by atoms with Crippen molar-refractivity contribution in [3.05, 3.63) is 0 Å².